The van der Waals surface area contributed by atoms with Crippen LogP contribution in [-0.2, 0) is 4.74 Å². The predicted molar refractivity (Wildman–Crippen MR) is 54.7 cm³/mol. The number of ether oxygens (including phenoxy) is 1. The molecule has 17 heavy (non-hydrogen) atoms. The Morgan fingerprint density at radius 2 is 2.35 bits per heavy atom. The molecule has 2 N–H and O–H groups in total. The van der Waals surface area contributed by atoms with Crippen molar-refractivity contribution >= 4 is 11.9 Å². The van der Waals surface area contributed by atoms with E-state index in [4.69, 9.17) is 9.84 Å². The lowest BCUT2D eigenvalue weighted by atomic mass is 10.1. The number of carbonyl (C=O) groups is 2. The van der Waals surface area contributed by atoms with Gasteiger partial charge in [0.15, 0.2) is 5.69 Å². The number of amides is 1. The number of aromatic nitrogens is 1. The van der Waals surface area contributed by atoms with Crippen molar-refractivity contribution in [2.45, 2.75) is 25.5 Å². The third-order valence-corrected chi connectivity index (χ3v) is 2.65. The molecule has 1 aliphatic rings. The molecule has 7 heteroatoms. The fourth-order valence-electron chi connectivity index (χ4n) is 1.65. The molecule has 1 saturated heterocycles. The van der Waals surface area contributed by atoms with Crippen LogP contribution in [0.15, 0.2) is 10.6 Å². The maximum Gasteiger partial charge on any atom is 0.374 e. The minimum absolute atomic E-state index is 0.0403. The molecule has 2 atom stereocenters. The molecule has 7 nitrogen and oxygen atoms in total. The van der Waals surface area contributed by atoms with Gasteiger partial charge in [-0.3, -0.25) is 4.79 Å². The monoisotopic (exact) mass is 240 g/mol. The standard InChI is InChI=1S/C10H12N2O5/c1-5-6(2-3-16-5)11-9(13)7-4-8(10(14)15)17-12-7/h4-6H,2-3H2,1H3,(H,11,13)(H,14,15). The fourth-order valence-corrected chi connectivity index (χ4v) is 1.65. The Bertz CT molecular complexity index is 442. The topological polar surface area (TPSA) is 102 Å². The highest BCUT2D eigenvalue weighted by molar-refractivity contribution is 5.95. The molecule has 0 aliphatic carbocycles. The molecule has 2 heterocycles. The second-order valence-corrected chi connectivity index (χ2v) is 3.83. The van der Waals surface area contributed by atoms with Gasteiger partial charge in [-0.1, -0.05) is 5.16 Å². The van der Waals surface area contributed by atoms with Crippen molar-refractivity contribution in [3.63, 3.8) is 0 Å². The number of carboxylic acids is 1. The molecule has 1 fully saturated rings. The molecule has 0 radical (unpaired) electrons. The first-order chi connectivity index (χ1) is 8.08. The van der Waals surface area contributed by atoms with Crippen LogP contribution in [0, 0.1) is 0 Å². The molecule has 2 rings (SSSR count). The summed E-state index contributed by atoms with van der Waals surface area (Å²) in [7, 11) is 0. The second-order valence-electron chi connectivity index (χ2n) is 3.83. The molecule has 0 aromatic carbocycles. The predicted octanol–water partition coefficient (Wildman–Crippen LogP) is 0.280. The minimum Gasteiger partial charge on any atom is -0.475 e. The van der Waals surface area contributed by atoms with E-state index in [2.05, 4.69) is 15.0 Å². The molecule has 2 unspecified atom stereocenters. The van der Waals surface area contributed by atoms with Crippen LogP contribution >= 0.6 is 0 Å². The number of hydrogen-bond acceptors (Lipinski definition) is 5. The number of rotatable bonds is 3. The van der Waals surface area contributed by atoms with Crippen LogP contribution in [0.4, 0.5) is 0 Å². The summed E-state index contributed by atoms with van der Waals surface area (Å²) in [4.78, 5) is 22.2. The summed E-state index contributed by atoms with van der Waals surface area (Å²) in [6.07, 6.45) is 0.682. The lowest BCUT2D eigenvalue weighted by Gasteiger charge is -2.14. The first kappa shape index (κ1) is 11.6. The van der Waals surface area contributed by atoms with Gasteiger partial charge in [0, 0.05) is 12.7 Å². The van der Waals surface area contributed by atoms with Crippen molar-refractivity contribution in [1.29, 1.82) is 0 Å². The highest BCUT2D eigenvalue weighted by Gasteiger charge is 2.27. The van der Waals surface area contributed by atoms with Gasteiger partial charge in [0.25, 0.3) is 5.91 Å². The Kier molecular flexibility index (Phi) is 3.10. The summed E-state index contributed by atoms with van der Waals surface area (Å²) in [5.74, 6) is -2.07. The van der Waals surface area contributed by atoms with E-state index in [0.717, 1.165) is 12.5 Å². The van der Waals surface area contributed by atoms with E-state index in [1.807, 2.05) is 6.92 Å². The van der Waals surface area contributed by atoms with Gasteiger partial charge >= 0.3 is 5.97 Å². The normalized spacial score (nSPS) is 23.6. The minimum atomic E-state index is -1.26. The fraction of sp³-hybridized carbons (Fsp3) is 0.500. The Labute approximate surface area is 96.7 Å². The number of nitrogens with zero attached hydrogens (tertiary/aromatic N) is 1. The summed E-state index contributed by atoms with van der Waals surface area (Å²) < 4.78 is 9.79. The van der Waals surface area contributed by atoms with Gasteiger partial charge in [0.1, 0.15) is 0 Å². The van der Waals surface area contributed by atoms with Crippen molar-refractivity contribution < 1.29 is 24.0 Å². The first-order valence-corrected chi connectivity index (χ1v) is 5.20. The van der Waals surface area contributed by atoms with Crippen molar-refractivity contribution in [1.82, 2.24) is 10.5 Å². The highest BCUT2D eigenvalue weighted by Crippen LogP contribution is 2.13. The van der Waals surface area contributed by atoms with Crippen LogP contribution in [-0.4, -0.2) is 40.9 Å². The third-order valence-electron chi connectivity index (χ3n) is 2.65. The summed E-state index contributed by atoms with van der Waals surface area (Å²) in [6.45, 7) is 2.47. The van der Waals surface area contributed by atoms with Gasteiger partial charge in [-0.15, -0.1) is 0 Å². The highest BCUT2D eigenvalue weighted by atomic mass is 16.5. The number of nitrogens with one attached hydrogen (secondary N) is 1. The quantitative estimate of drug-likeness (QED) is 0.786. The average molecular weight is 240 g/mol. The average Bonchev–Trinajstić information content (AvgIpc) is 2.88. The van der Waals surface area contributed by atoms with Crippen molar-refractivity contribution in [2.24, 2.45) is 0 Å². The molecule has 1 amide bonds. The molecular weight excluding hydrogens is 228 g/mol. The van der Waals surface area contributed by atoms with Crippen LogP contribution in [0.1, 0.15) is 34.4 Å². The van der Waals surface area contributed by atoms with Gasteiger partial charge in [-0.25, -0.2) is 4.79 Å². The van der Waals surface area contributed by atoms with Gasteiger partial charge in [-0.2, -0.15) is 0 Å². The molecule has 0 saturated carbocycles. The lowest BCUT2D eigenvalue weighted by molar-refractivity contribution is 0.0650. The zero-order valence-corrected chi connectivity index (χ0v) is 9.17. The Hall–Kier alpha value is -1.89. The lowest BCUT2D eigenvalue weighted by Crippen LogP contribution is -2.39. The molecular formula is C10H12N2O5. The Balaban J connectivity index is 2.01. The van der Waals surface area contributed by atoms with Crippen LogP contribution in [0.3, 0.4) is 0 Å². The summed E-state index contributed by atoms with van der Waals surface area (Å²) >= 11 is 0. The maximum atomic E-state index is 11.7. The summed E-state index contributed by atoms with van der Waals surface area (Å²) in [5, 5.41) is 14.7. The first-order valence-electron chi connectivity index (χ1n) is 5.20. The molecule has 0 spiro atoms. The zero-order chi connectivity index (χ0) is 12.4. The van der Waals surface area contributed by atoms with E-state index in [1.165, 1.54) is 0 Å². The van der Waals surface area contributed by atoms with Crippen LogP contribution in [0.5, 0.6) is 0 Å². The maximum absolute atomic E-state index is 11.7. The molecule has 0 bridgehead atoms. The molecule has 92 valence electrons. The van der Waals surface area contributed by atoms with Gasteiger partial charge in [-0.05, 0) is 13.3 Å². The number of carbonyl (C=O) groups excluding carboxylic acids is 1. The van der Waals surface area contributed by atoms with Gasteiger partial charge < -0.3 is 19.7 Å². The van der Waals surface area contributed by atoms with E-state index < -0.39 is 11.9 Å². The third kappa shape index (κ3) is 2.44. The SMILES string of the molecule is CC1OCCC1NC(=O)c1cc(C(=O)O)on1. The Morgan fingerprint density at radius 3 is 2.88 bits per heavy atom. The molecule has 1 aliphatic heterocycles. The van der Waals surface area contributed by atoms with Gasteiger partial charge in [0.05, 0.1) is 12.1 Å². The van der Waals surface area contributed by atoms with E-state index in [0.29, 0.717) is 6.61 Å². The smallest absolute Gasteiger partial charge is 0.374 e. The molecule has 1 aromatic heterocycles. The second kappa shape index (κ2) is 4.54. The number of aromatic carboxylic acids is 1. The largest absolute Gasteiger partial charge is 0.475 e. The van der Waals surface area contributed by atoms with Crippen molar-refractivity contribution in [3.05, 3.63) is 17.5 Å². The molecule has 1 aromatic rings. The van der Waals surface area contributed by atoms with Crippen LogP contribution < -0.4 is 5.32 Å². The number of carboxylic acid groups (broad SMARTS) is 1. The van der Waals surface area contributed by atoms with Crippen molar-refractivity contribution in [2.75, 3.05) is 6.61 Å². The summed E-state index contributed by atoms with van der Waals surface area (Å²) in [6, 6.07) is 1.02. The van der Waals surface area contributed by atoms with E-state index in [-0.39, 0.29) is 23.6 Å². The zero-order valence-electron chi connectivity index (χ0n) is 9.17. The number of hydrogen-bond donors (Lipinski definition) is 2. The van der Waals surface area contributed by atoms with Crippen LogP contribution in [0.25, 0.3) is 0 Å². The van der Waals surface area contributed by atoms with Crippen molar-refractivity contribution in [3.8, 4) is 0 Å². The van der Waals surface area contributed by atoms with Crippen LogP contribution in [0.2, 0.25) is 0 Å². The Morgan fingerprint density at radius 1 is 1.59 bits per heavy atom. The van der Waals surface area contributed by atoms with Gasteiger partial charge in [0.2, 0.25) is 5.76 Å². The van der Waals surface area contributed by atoms with E-state index in [1.54, 1.807) is 0 Å². The van der Waals surface area contributed by atoms with E-state index in [9.17, 15) is 9.59 Å². The summed E-state index contributed by atoms with van der Waals surface area (Å²) in [5.41, 5.74) is -0.0403. The van der Waals surface area contributed by atoms with E-state index >= 15 is 0 Å².